The molecule has 0 bridgehead atoms. The van der Waals surface area contributed by atoms with Gasteiger partial charge in [-0.3, -0.25) is 0 Å². The molecule has 4 nitrogen and oxygen atoms in total. The van der Waals surface area contributed by atoms with Crippen molar-refractivity contribution < 1.29 is 20.1 Å². The van der Waals surface area contributed by atoms with E-state index in [0.29, 0.717) is 12.0 Å². The van der Waals surface area contributed by atoms with Crippen LogP contribution >= 0.6 is 0 Å². The van der Waals surface area contributed by atoms with Gasteiger partial charge in [0.25, 0.3) is 0 Å². The Kier molecular flexibility index (Phi) is 4.14. The van der Waals surface area contributed by atoms with E-state index in [1.807, 2.05) is 13.8 Å². The lowest BCUT2D eigenvalue weighted by Crippen LogP contribution is -2.46. The fourth-order valence-corrected chi connectivity index (χ4v) is 2.02. The van der Waals surface area contributed by atoms with E-state index in [2.05, 4.69) is 0 Å². The number of carboxylic acid groups (broad SMARTS) is 1. The van der Waals surface area contributed by atoms with Crippen LogP contribution in [0.4, 0.5) is 0 Å². The van der Waals surface area contributed by atoms with Crippen molar-refractivity contribution in [3.63, 3.8) is 0 Å². The summed E-state index contributed by atoms with van der Waals surface area (Å²) in [5, 5.41) is 28.7. The Morgan fingerprint density at radius 1 is 1.44 bits per heavy atom. The van der Waals surface area contributed by atoms with Gasteiger partial charge in [0.15, 0.2) is 0 Å². The predicted molar refractivity (Wildman–Crippen MR) is 69.0 cm³/mol. The van der Waals surface area contributed by atoms with Crippen LogP contribution in [-0.2, 0) is 4.79 Å². The Bertz CT molecular complexity index is 418. The Hall–Kier alpha value is -1.39. The highest BCUT2D eigenvalue weighted by atomic mass is 16.4. The molecule has 0 amide bonds. The molecular weight excluding hydrogens is 232 g/mol. The summed E-state index contributed by atoms with van der Waals surface area (Å²) in [5.74, 6) is -1.02. The number of hydrogen-bond donors (Lipinski definition) is 3. The zero-order chi connectivity index (χ0) is 14.0. The molecule has 0 aromatic rings. The van der Waals surface area contributed by atoms with E-state index in [0.717, 1.165) is 6.08 Å². The van der Waals surface area contributed by atoms with Crippen LogP contribution in [-0.4, -0.2) is 33.0 Å². The first kappa shape index (κ1) is 14.7. The Balaban J connectivity index is 2.97. The first-order valence-electron chi connectivity index (χ1n) is 5.86. The maximum atomic E-state index is 10.5. The molecule has 1 aliphatic rings. The van der Waals surface area contributed by atoms with E-state index in [4.69, 9.17) is 5.11 Å². The molecule has 2 unspecified atom stereocenters. The third-order valence-electron chi connectivity index (χ3n) is 3.33. The molecule has 1 aliphatic carbocycles. The predicted octanol–water partition coefficient (Wildman–Crippen LogP) is 1.65. The van der Waals surface area contributed by atoms with Crippen LogP contribution in [0.1, 0.15) is 27.2 Å². The molecule has 0 fully saturated rings. The van der Waals surface area contributed by atoms with Crippen molar-refractivity contribution in [1.29, 1.82) is 0 Å². The van der Waals surface area contributed by atoms with Gasteiger partial charge in [0.05, 0.1) is 6.10 Å². The first-order chi connectivity index (χ1) is 8.16. The third kappa shape index (κ3) is 3.31. The smallest absolute Gasteiger partial charge is 0.328 e. The fraction of sp³-hybridized carbons (Fsp3) is 0.500. The third-order valence-corrected chi connectivity index (χ3v) is 3.33. The molecule has 0 radical (unpaired) electrons. The molecule has 0 saturated carbocycles. The van der Waals surface area contributed by atoms with Crippen LogP contribution < -0.4 is 0 Å². The summed E-state index contributed by atoms with van der Waals surface area (Å²) < 4.78 is 0. The van der Waals surface area contributed by atoms with E-state index < -0.39 is 23.1 Å². The molecule has 0 heterocycles. The van der Waals surface area contributed by atoms with Crippen LogP contribution in [0.15, 0.2) is 36.0 Å². The lowest BCUT2D eigenvalue weighted by Gasteiger charge is -2.42. The molecule has 2 atom stereocenters. The van der Waals surface area contributed by atoms with E-state index in [1.165, 1.54) is 0 Å². The maximum absolute atomic E-state index is 10.5. The van der Waals surface area contributed by atoms with E-state index >= 15 is 0 Å². The minimum absolute atomic E-state index is 0.450. The number of aliphatic carboxylic acids is 1. The van der Waals surface area contributed by atoms with Crippen LogP contribution in [0.25, 0.3) is 0 Å². The average molecular weight is 252 g/mol. The average Bonchev–Trinajstić information content (AvgIpc) is 2.20. The van der Waals surface area contributed by atoms with Crippen molar-refractivity contribution in [2.45, 2.75) is 38.9 Å². The standard InChI is InChI=1S/C14H20O4/c1-10(8-12(16)17)4-6-14(18)7-5-11(15)9-13(14,2)3/h4-8,11,15,18H,9H2,1-3H3,(H,16,17)/b6-4+,10-8-. The zero-order valence-corrected chi connectivity index (χ0v) is 10.9. The summed E-state index contributed by atoms with van der Waals surface area (Å²) in [6.45, 7) is 5.38. The van der Waals surface area contributed by atoms with Crippen LogP contribution in [0.2, 0.25) is 0 Å². The second-order valence-corrected chi connectivity index (χ2v) is 5.40. The molecule has 0 aliphatic heterocycles. The van der Waals surface area contributed by atoms with Gasteiger partial charge in [-0.15, -0.1) is 0 Å². The number of hydrogen-bond acceptors (Lipinski definition) is 3. The van der Waals surface area contributed by atoms with E-state index in [1.54, 1.807) is 31.2 Å². The van der Waals surface area contributed by atoms with Crippen LogP contribution in [0, 0.1) is 5.41 Å². The van der Waals surface area contributed by atoms with Gasteiger partial charge in [-0.1, -0.05) is 32.1 Å². The number of allylic oxidation sites excluding steroid dienone is 2. The monoisotopic (exact) mass is 252 g/mol. The first-order valence-corrected chi connectivity index (χ1v) is 5.86. The Morgan fingerprint density at radius 3 is 2.56 bits per heavy atom. The quantitative estimate of drug-likeness (QED) is 0.405. The highest BCUT2D eigenvalue weighted by Crippen LogP contribution is 2.41. The highest BCUT2D eigenvalue weighted by Gasteiger charge is 2.42. The summed E-state index contributed by atoms with van der Waals surface area (Å²) in [7, 11) is 0. The highest BCUT2D eigenvalue weighted by molar-refractivity contribution is 5.81. The maximum Gasteiger partial charge on any atom is 0.328 e. The second kappa shape index (κ2) is 5.08. The number of carboxylic acids is 1. The molecule has 0 aromatic heterocycles. The van der Waals surface area contributed by atoms with Gasteiger partial charge in [-0.25, -0.2) is 4.79 Å². The number of aliphatic hydroxyl groups is 2. The molecule has 18 heavy (non-hydrogen) atoms. The summed E-state index contributed by atoms with van der Waals surface area (Å²) in [5.41, 5.74) is -1.15. The van der Waals surface area contributed by atoms with Gasteiger partial charge >= 0.3 is 5.97 Å². The minimum Gasteiger partial charge on any atom is -0.478 e. The van der Waals surface area contributed by atoms with Crippen molar-refractivity contribution >= 4 is 5.97 Å². The number of rotatable bonds is 3. The van der Waals surface area contributed by atoms with E-state index in [-0.39, 0.29) is 0 Å². The molecule has 0 spiro atoms. The molecule has 3 N–H and O–H groups in total. The van der Waals surface area contributed by atoms with Crippen molar-refractivity contribution in [3.05, 3.63) is 36.0 Å². The van der Waals surface area contributed by atoms with Crippen molar-refractivity contribution in [2.75, 3.05) is 0 Å². The van der Waals surface area contributed by atoms with Crippen molar-refractivity contribution in [1.82, 2.24) is 0 Å². The summed E-state index contributed by atoms with van der Waals surface area (Å²) in [6.07, 6.45) is 7.25. The Labute approximate surface area is 107 Å². The lowest BCUT2D eigenvalue weighted by molar-refractivity contribution is -0.131. The summed E-state index contributed by atoms with van der Waals surface area (Å²) >= 11 is 0. The number of aliphatic hydroxyl groups excluding tert-OH is 1. The number of carbonyl (C=O) groups is 1. The SMILES string of the molecule is CC(=C/C(=O)O)/C=C/C1(O)C=CC(O)CC1(C)C. The van der Waals surface area contributed by atoms with Crippen LogP contribution in [0.3, 0.4) is 0 Å². The Morgan fingerprint density at radius 2 is 2.06 bits per heavy atom. The normalized spacial score (nSPS) is 31.8. The van der Waals surface area contributed by atoms with Crippen LogP contribution in [0.5, 0.6) is 0 Å². The van der Waals surface area contributed by atoms with Crippen molar-refractivity contribution in [2.24, 2.45) is 5.41 Å². The molecule has 1 rings (SSSR count). The minimum atomic E-state index is -1.18. The lowest BCUT2D eigenvalue weighted by atomic mass is 9.67. The van der Waals surface area contributed by atoms with Gasteiger partial charge < -0.3 is 15.3 Å². The summed E-state index contributed by atoms with van der Waals surface area (Å²) in [4.78, 5) is 10.5. The molecule has 0 aromatic carbocycles. The van der Waals surface area contributed by atoms with Gasteiger partial charge in [0.1, 0.15) is 5.60 Å². The second-order valence-electron chi connectivity index (χ2n) is 5.40. The fourth-order valence-electron chi connectivity index (χ4n) is 2.02. The molecule has 0 saturated heterocycles. The summed E-state index contributed by atoms with van der Waals surface area (Å²) in [6, 6.07) is 0. The molecule has 4 heteroatoms. The topological polar surface area (TPSA) is 77.8 Å². The van der Waals surface area contributed by atoms with E-state index in [9.17, 15) is 15.0 Å². The largest absolute Gasteiger partial charge is 0.478 e. The van der Waals surface area contributed by atoms with Gasteiger partial charge in [0.2, 0.25) is 0 Å². The van der Waals surface area contributed by atoms with Crippen molar-refractivity contribution in [3.8, 4) is 0 Å². The molecular formula is C14H20O4. The van der Waals surface area contributed by atoms with Gasteiger partial charge in [-0.05, 0) is 25.0 Å². The van der Waals surface area contributed by atoms with Gasteiger partial charge in [-0.2, -0.15) is 0 Å². The zero-order valence-electron chi connectivity index (χ0n) is 10.9. The molecule has 100 valence electrons. The van der Waals surface area contributed by atoms with Gasteiger partial charge in [0, 0.05) is 11.5 Å².